The maximum Gasteiger partial charge on any atom is 0.220 e. The average molecular weight is 355 g/mol. The highest BCUT2D eigenvalue weighted by atomic mass is 16.5. The molecular formula is C21H25NO4. The molecule has 138 valence electrons. The highest BCUT2D eigenvalue weighted by Gasteiger charge is 2.32. The zero-order valence-corrected chi connectivity index (χ0v) is 16.0. The number of amides is 1. The van der Waals surface area contributed by atoms with Crippen molar-refractivity contribution in [2.45, 2.75) is 26.3 Å². The Labute approximate surface area is 154 Å². The lowest BCUT2D eigenvalue weighted by molar-refractivity contribution is -0.130. The van der Waals surface area contributed by atoms with Gasteiger partial charge >= 0.3 is 0 Å². The lowest BCUT2D eigenvalue weighted by Gasteiger charge is -2.37. The van der Waals surface area contributed by atoms with Gasteiger partial charge in [0.1, 0.15) is 0 Å². The van der Waals surface area contributed by atoms with Gasteiger partial charge in [0.25, 0.3) is 0 Å². The second kappa shape index (κ2) is 7.28. The van der Waals surface area contributed by atoms with Crippen molar-refractivity contribution in [2.24, 2.45) is 0 Å². The SMILES string of the molecule is COc1cc(C2c3ccc(C)cc3CCN2C(C)=O)cc(OC)c1OC. The second-order valence-electron chi connectivity index (χ2n) is 6.53. The fourth-order valence-corrected chi connectivity index (χ4v) is 3.71. The minimum Gasteiger partial charge on any atom is -0.493 e. The lowest BCUT2D eigenvalue weighted by Crippen LogP contribution is -2.39. The molecule has 0 spiro atoms. The Morgan fingerprint density at radius 1 is 1.04 bits per heavy atom. The summed E-state index contributed by atoms with van der Waals surface area (Å²) in [6.45, 7) is 4.39. The van der Waals surface area contributed by atoms with E-state index in [0.29, 0.717) is 23.8 Å². The van der Waals surface area contributed by atoms with Crippen LogP contribution in [-0.4, -0.2) is 38.7 Å². The van der Waals surface area contributed by atoms with Gasteiger partial charge in [0, 0.05) is 13.5 Å². The second-order valence-corrected chi connectivity index (χ2v) is 6.53. The van der Waals surface area contributed by atoms with Crippen molar-refractivity contribution in [3.05, 3.63) is 52.6 Å². The number of carbonyl (C=O) groups excluding carboxylic acids is 1. The molecule has 2 aromatic rings. The third-order valence-corrected chi connectivity index (χ3v) is 4.93. The van der Waals surface area contributed by atoms with E-state index in [0.717, 1.165) is 17.5 Å². The summed E-state index contributed by atoms with van der Waals surface area (Å²) in [5.41, 5.74) is 4.59. The quantitative estimate of drug-likeness (QED) is 0.842. The zero-order chi connectivity index (χ0) is 18.8. The van der Waals surface area contributed by atoms with Gasteiger partial charge in [-0.2, -0.15) is 0 Å². The van der Waals surface area contributed by atoms with Crippen molar-refractivity contribution >= 4 is 5.91 Å². The molecule has 2 aromatic carbocycles. The summed E-state index contributed by atoms with van der Waals surface area (Å²) < 4.78 is 16.4. The van der Waals surface area contributed by atoms with Crippen molar-refractivity contribution in [1.29, 1.82) is 0 Å². The predicted molar refractivity (Wildman–Crippen MR) is 100 cm³/mol. The molecule has 0 aliphatic carbocycles. The summed E-state index contributed by atoms with van der Waals surface area (Å²) in [5, 5.41) is 0. The maximum absolute atomic E-state index is 12.3. The summed E-state index contributed by atoms with van der Waals surface area (Å²) in [6, 6.07) is 10.1. The molecule has 1 aliphatic rings. The smallest absolute Gasteiger partial charge is 0.220 e. The number of hydrogen-bond donors (Lipinski definition) is 0. The molecule has 0 aromatic heterocycles. The first kappa shape index (κ1) is 18.1. The van der Waals surface area contributed by atoms with Crippen molar-refractivity contribution in [3.63, 3.8) is 0 Å². The van der Waals surface area contributed by atoms with Crippen LogP contribution < -0.4 is 14.2 Å². The van der Waals surface area contributed by atoms with Crippen LogP contribution in [0.5, 0.6) is 17.2 Å². The van der Waals surface area contributed by atoms with E-state index in [1.807, 2.05) is 17.0 Å². The Morgan fingerprint density at radius 2 is 1.69 bits per heavy atom. The van der Waals surface area contributed by atoms with E-state index in [9.17, 15) is 4.79 Å². The molecule has 0 saturated carbocycles. The van der Waals surface area contributed by atoms with E-state index in [1.165, 1.54) is 11.1 Å². The van der Waals surface area contributed by atoms with Crippen LogP contribution in [0.2, 0.25) is 0 Å². The third-order valence-electron chi connectivity index (χ3n) is 4.93. The number of ether oxygens (including phenoxy) is 3. The van der Waals surface area contributed by atoms with Crippen LogP contribution in [0.1, 0.15) is 35.2 Å². The van der Waals surface area contributed by atoms with Crippen molar-refractivity contribution in [3.8, 4) is 17.2 Å². The Balaban J connectivity index is 2.20. The van der Waals surface area contributed by atoms with Gasteiger partial charge in [0.2, 0.25) is 11.7 Å². The largest absolute Gasteiger partial charge is 0.493 e. The number of benzene rings is 2. The van der Waals surface area contributed by atoms with Crippen LogP contribution in [0, 0.1) is 6.92 Å². The van der Waals surface area contributed by atoms with Gasteiger partial charge in [0.05, 0.1) is 27.4 Å². The van der Waals surface area contributed by atoms with E-state index in [2.05, 4.69) is 25.1 Å². The fraction of sp³-hybridized carbons (Fsp3) is 0.381. The van der Waals surface area contributed by atoms with Crippen LogP contribution >= 0.6 is 0 Å². The Hall–Kier alpha value is -2.69. The number of methoxy groups -OCH3 is 3. The molecule has 1 aliphatic heterocycles. The van der Waals surface area contributed by atoms with Crippen LogP contribution in [0.4, 0.5) is 0 Å². The molecule has 3 rings (SSSR count). The first-order valence-electron chi connectivity index (χ1n) is 8.66. The van der Waals surface area contributed by atoms with E-state index in [1.54, 1.807) is 28.3 Å². The zero-order valence-electron chi connectivity index (χ0n) is 16.0. The van der Waals surface area contributed by atoms with Crippen molar-refractivity contribution in [1.82, 2.24) is 4.90 Å². The fourth-order valence-electron chi connectivity index (χ4n) is 3.71. The van der Waals surface area contributed by atoms with Gasteiger partial charge in [-0.3, -0.25) is 4.79 Å². The van der Waals surface area contributed by atoms with Gasteiger partial charge in [0.15, 0.2) is 11.5 Å². The number of carbonyl (C=O) groups is 1. The molecule has 1 unspecified atom stereocenters. The van der Waals surface area contributed by atoms with E-state index in [4.69, 9.17) is 14.2 Å². The molecule has 0 fully saturated rings. The molecule has 0 saturated heterocycles. The molecule has 5 heteroatoms. The summed E-state index contributed by atoms with van der Waals surface area (Å²) in [7, 11) is 4.78. The molecule has 0 N–H and O–H groups in total. The maximum atomic E-state index is 12.3. The van der Waals surface area contributed by atoms with Gasteiger partial charge in [-0.15, -0.1) is 0 Å². The third kappa shape index (κ3) is 3.09. The highest BCUT2D eigenvalue weighted by molar-refractivity contribution is 5.75. The molecule has 5 nitrogen and oxygen atoms in total. The monoisotopic (exact) mass is 355 g/mol. The van der Waals surface area contributed by atoms with Gasteiger partial charge in [-0.1, -0.05) is 23.8 Å². The normalized spacial score (nSPS) is 16.0. The average Bonchev–Trinajstić information content (AvgIpc) is 2.65. The number of rotatable bonds is 4. The number of hydrogen-bond acceptors (Lipinski definition) is 4. The van der Waals surface area contributed by atoms with E-state index < -0.39 is 0 Å². The summed E-state index contributed by atoms with van der Waals surface area (Å²) in [5.74, 6) is 1.78. The lowest BCUT2D eigenvalue weighted by atomic mass is 9.87. The van der Waals surface area contributed by atoms with Crippen LogP contribution in [-0.2, 0) is 11.2 Å². The standard InChI is InChI=1S/C21H25NO4/c1-13-6-7-17-15(10-13)8-9-22(14(2)23)20(17)16-11-18(24-3)21(26-5)19(12-16)25-4/h6-7,10-12,20H,8-9H2,1-5H3. The molecule has 0 radical (unpaired) electrons. The Bertz CT molecular complexity index is 806. The van der Waals surface area contributed by atoms with E-state index in [-0.39, 0.29) is 11.9 Å². The Kier molecular flexibility index (Phi) is 5.07. The van der Waals surface area contributed by atoms with Gasteiger partial charge < -0.3 is 19.1 Å². The molecule has 26 heavy (non-hydrogen) atoms. The van der Waals surface area contributed by atoms with Gasteiger partial charge in [-0.25, -0.2) is 0 Å². The number of fused-ring (bicyclic) bond motifs is 1. The molecule has 1 amide bonds. The molecule has 1 atom stereocenters. The van der Waals surface area contributed by atoms with Gasteiger partial charge in [-0.05, 0) is 42.2 Å². The first-order chi connectivity index (χ1) is 12.5. The van der Waals surface area contributed by atoms with Crippen molar-refractivity contribution in [2.75, 3.05) is 27.9 Å². The van der Waals surface area contributed by atoms with Crippen LogP contribution in [0.25, 0.3) is 0 Å². The molecule has 1 heterocycles. The summed E-state index contributed by atoms with van der Waals surface area (Å²) in [4.78, 5) is 14.2. The van der Waals surface area contributed by atoms with E-state index >= 15 is 0 Å². The highest BCUT2D eigenvalue weighted by Crippen LogP contribution is 2.44. The minimum absolute atomic E-state index is 0.0509. The Morgan fingerprint density at radius 3 is 2.23 bits per heavy atom. The molecule has 0 bridgehead atoms. The number of nitrogens with zero attached hydrogens (tertiary/aromatic N) is 1. The first-order valence-corrected chi connectivity index (χ1v) is 8.66. The van der Waals surface area contributed by atoms with Crippen molar-refractivity contribution < 1.29 is 19.0 Å². The topological polar surface area (TPSA) is 48.0 Å². The minimum atomic E-state index is -0.175. The molecular weight excluding hydrogens is 330 g/mol. The predicted octanol–water partition coefficient (Wildman–Crippen LogP) is 3.51. The van der Waals surface area contributed by atoms with Crippen LogP contribution in [0.15, 0.2) is 30.3 Å². The summed E-state index contributed by atoms with van der Waals surface area (Å²) in [6.07, 6.45) is 0.859. The summed E-state index contributed by atoms with van der Waals surface area (Å²) >= 11 is 0. The number of aryl methyl sites for hydroxylation is 1. The van der Waals surface area contributed by atoms with Crippen LogP contribution in [0.3, 0.4) is 0 Å².